The first-order valence-corrected chi connectivity index (χ1v) is 24.3. The zero-order valence-corrected chi connectivity index (χ0v) is 38.8. The van der Waals surface area contributed by atoms with Crippen molar-refractivity contribution >= 4 is 34.6 Å². The maximum Gasteiger partial charge on any atom is 0.339 e. The standard InChI is InChI=1S/C59H62O8/c1-4-43-12-14-44(15-13-43)16-17-45-18-20-46(21-19-45)32-35-59(36-33-48(34-37-59)47-22-10-42(3)11-23-47)67-58(63)53-29-28-52-41-54(31-30-51(52)40-53)66-57(62)50-26-24-49(25-27-50)56(61)65-39-9-7-6-8-38-64-55(60)5-2/h1,5,12-15,18-21,28-31,40-42,47-50H,2,6-11,22-27,33-34,36-39H2,3H3. The summed E-state index contributed by atoms with van der Waals surface area (Å²) in [5.41, 5.74) is 2.95. The lowest BCUT2D eigenvalue weighted by Crippen LogP contribution is -2.39. The van der Waals surface area contributed by atoms with Crippen molar-refractivity contribution in [1.29, 1.82) is 0 Å². The number of rotatable bonds is 14. The van der Waals surface area contributed by atoms with Gasteiger partial charge in [-0.05, 0) is 197 Å². The van der Waals surface area contributed by atoms with Crippen molar-refractivity contribution in [2.45, 2.75) is 115 Å². The predicted octanol–water partition coefficient (Wildman–Crippen LogP) is 11.7. The van der Waals surface area contributed by atoms with E-state index < -0.39 is 17.5 Å². The van der Waals surface area contributed by atoms with E-state index in [9.17, 15) is 19.2 Å². The van der Waals surface area contributed by atoms with Crippen molar-refractivity contribution < 1.29 is 38.1 Å². The highest BCUT2D eigenvalue weighted by atomic mass is 16.6. The summed E-state index contributed by atoms with van der Waals surface area (Å²) < 4.78 is 22.8. The van der Waals surface area contributed by atoms with Crippen molar-refractivity contribution in [3.63, 3.8) is 0 Å². The Bertz CT molecular complexity index is 2530. The third-order valence-electron chi connectivity index (χ3n) is 13.9. The van der Waals surface area contributed by atoms with Crippen LogP contribution in [0.1, 0.15) is 142 Å². The second kappa shape index (κ2) is 23.8. The summed E-state index contributed by atoms with van der Waals surface area (Å²) >= 11 is 0. The maximum absolute atomic E-state index is 14.0. The molecule has 0 aromatic heterocycles. The van der Waals surface area contributed by atoms with Gasteiger partial charge >= 0.3 is 23.9 Å². The average Bonchev–Trinajstić information content (AvgIpc) is 3.36. The van der Waals surface area contributed by atoms with Crippen LogP contribution in [0.2, 0.25) is 0 Å². The van der Waals surface area contributed by atoms with Gasteiger partial charge in [0.2, 0.25) is 0 Å². The molecule has 3 aliphatic rings. The monoisotopic (exact) mass is 898 g/mol. The molecule has 8 heteroatoms. The minimum atomic E-state index is -0.905. The third-order valence-corrected chi connectivity index (χ3v) is 13.9. The number of ether oxygens (including phenoxy) is 4. The Hall–Kier alpha value is -6.56. The van der Waals surface area contributed by atoms with Gasteiger partial charge in [-0.3, -0.25) is 9.59 Å². The van der Waals surface area contributed by atoms with Gasteiger partial charge in [0.1, 0.15) is 5.75 Å². The molecule has 0 heterocycles. The number of carbonyl (C=O) groups excluding carboxylic acids is 4. The number of benzene rings is 4. The lowest BCUT2D eigenvalue weighted by molar-refractivity contribution is -0.152. The number of unbranched alkanes of at least 4 members (excludes halogenated alkanes) is 3. The molecule has 0 atom stereocenters. The van der Waals surface area contributed by atoms with Gasteiger partial charge in [0.25, 0.3) is 0 Å². The second-order valence-corrected chi connectivity index (χ2v) is 18.7. The summed E-state index contributed by atoms with van der Waals surface area (Å²) in [6.45, 7) is 6.45. The zero-order chi connectivity index (χ0) is 47.0. The van der Waals surface area contributed by atoms with Crippen LogP contribution in [0, 0.1) is 65.6 Å². The molecular weight excluding hydrogens is 837 g/mol. The molecule has 0 amide bonds. The van der Waals surface area contributed by atoms with Crippen LogP contribution in [0.15, 0.2) is 97.6 Å². The molecule has 3 aliphatic carbocycles. The fourth-order valence-corrected chi connectivity index (χ4v) is 9.70. The Balaban J connectivity index is 0.930. The molecule has 0 unspecified atom stereocenters. The summed E-state index contributed by atoms with van der Waals surface area (Å²) in [7, 11) is 0. The molecule has 346 valence electrons. The van der Waals surface area contributed by atoms with Crippen molar-refractivity contribution in [2.24, 2.45) is 29.6 Å². The number of hydrogen-bond acceptors (Lipinski definition) is 8. The highest BCUT2D eigenvalue weighted by Gasteiger charge is 2.40. The second-order valence-electron chi connectivity index (χ2n) is 18.7. The largest absolute Gasteiger partial charge is 0.465 e. The molecule has 0 aliphatic heterocycles. The van der Waals surface area contributed by atoms with Crippen molar-refractivity contribution in [3.05, 3.63) is 125 Å². The Labute approximate surface area is 396 Å². The van der Waals surface area contributed by atoms with Crippen LogP contribution < -0.4 is 4.74 Å². The van der Waals surface area contributed by atoms with Gasteiger partial charge in [0.15, 0.2) is 5.60 Å². The van der Waals surface area contributed by atoms with E-state index >= 15 is 0 Å². The molecule has 4 aromatic carbocycles. The summed E-state index contributed by atoms with van der Waals surface area (Å²) in [4.78, 5) is 51.1. The molecule has 0 bridgehead atoms. The van der Waals surface area contributed by atoms with E-state index in [1.165, 1.54) is 25.7 Å². The van der Waals surface area contributed by atoms with Crippen LogP contribution in [0.4, 0.5) is 0 Å². The predicted molar refractivity (Wildman–Crippen MR) is 261 cm³/mol. The molecule has 3 fully saturated rings. The molecule has 67 heavy (non-hydrogen) atoms. The van der Waals surface area contributed by atoms with E-state index in [4.69, 9.17) is 25.4 Å². The molecule has 8 nitrogen and oxygen atoms in total. The van der Waals surface area contributed by atoms with Crippen LogP contribution in [-0.4, -0.2) is 42.7 Å². The first-order valence-electron chi connectivity index (χ1n) is 24.3. The van der Waals surface area contributed by atoms with Gasteiger partial charge in [-0.1, -0.05) is 62.2 Å². The normalized spacial score (nSPS) is 22.3. The summed E-state index contributed by atoms with van der Waals surface area (Å²) in [6, 6.07) is 26.3. The van der Waals surface area contributed by atoms with Crippen LogP contribution in [0.25, 0.3) is 10.8 Å². The van der Waals surface area contributed by atoms with Gasteiger partial charge < -0.3 is 18.9 Å². The van der Waals surface area contributed by atoms with E-state index in [1.54, 1.807) is 12.1 Å². The van der Waals surface area contributed by atoms with Gasteiger partial charge in [-0.2, -0.15) is 0 Å². The lowest BCUT2D eigenvalue weighted by atomic mass is 9.68. The van der Waals surface area contributed by atoms with Crippen molar-refractivity contribution in [3.8, 4) is 41.8 Å². The minimum Gasteiger partial charge on any atom is -0.465 e. The zero-order valence-electron chi connectivity index (χ0n) is 38.8. The van der Waals surface area contributed by atoms with E-state index in [2.05, 4.69) is 43.1 Å². The van der Waals surface area contributed by atoms with Crippen LogP contribution in [0.3, 0.4) is 0 Å². The highest BCUT2D eigenvalue weighted by Crippen LogP contribution is 2.44. The fourth-order valence-electron chi connectivity index (χ4n) is 9.70. The van der Waals surface area contributed by atoms with E-state index in [0.29, 0.717) is 69.0 Å². The third kappa shape index (κ3) is 14.0. The summed E-state index contributed by atoms with van der Waals surface area (Å²) in [5, 5.41) is 1.65. The number of carbonyl (C=O) groups is 4. The Kier molecular flexibility index (Phi) is 17.2. The van der Waals surface area contributed by atoms with Gasteiger partial charge in [0, 0.05) is 28.3 Å². The Morgan fingerprint density at radius 2 is 1.16 bits per heavy atom. The van der Waals surface area contributed by atoms with E-state index in [0.717, 1.165) is 89.5 Å². The average molecular weight is 899 g/mol. The Morgan fingerprint density at radius 1 is 0.627 bits per heavy atom. The number of fused-ring (bicyclic) bond motifs is 1. The van der Waals surface area contributed by atoms with Crippen molar-refractivity contribution in [1.82, 2.24) is 0 Å². The van der Waals surface area contributed by atoms with E-state index in [-0.39, 0.29) is 23.8 Å². The van der Waals surface area contributed by atoms with E-state index in [1.807, 2.05) is 72.8 Å². The quantitative estimate of drug-likeness (QED) is 0.0308. The minimum absolute atomic E-state index is 0.210. The Morgan fingerprint density at radius 3 is 1.78 bits per heavy atom. The first kappa shape index (κ1) is 48.4. The maximum atomic E-state index is 14.0. The topological polar surface area (TPSA) is 105 Å². The fraction of sp³-hybridized carbons (Fsp3) is 0.424. The smallest absolute Gasteiger partial charge is 0.339 e. The van der Waals surface area contributed by atoms with Crippen LogP contribution in [0.5, 0.6) is 5.75 Å². The summed E-state index contributed by atoms with van der Waals surface area (Å²) in [6.07, 6.45) is 20.6. The first-order chi connectivity index (χ1) is 32.6. The number of hydrogen-bond donors (Lipinski definition) is 0. The molecule has 0 radical (unpaired) electrons. The molecule has 4 aromatic rings. The van der Waals surface area contributed by atoms with Gasteiger partial charge in [-0.25, -0.2) is 9.59 Å². The SMILES string of the molecule is C#Cc1ccc(C#Cc2ccc(C#CC3(OC(=O)c4ccc5cc(OC(=O)C6CCC(C(=O)OCCCCCCOC(=O)C=C)CC6)ccc5c4)CCC(C4CCC(C)CC4)CC3)cc2)cc1. The summed E-state index contributed by atoms with van der Waals surface area (Å²) in [5.74, 6) is 16.6. The molecule has 3 saturated carbocycles. The number of terminal acetylenes is 1. The molecular formula is C59H62O8. The van der Waals surface area contributed by atoms with Crippen molar-refractivity contribution in [2.75, 3.05) is 13.2 Å². The highest BCUT2D eigenvalue weighted by molar-refractivity contribution is 5.96. The van der Waals surface area contributed by atoms with Crippen LogP contribution in [-0.2, 0) is 28.6 Å². The lowest BCUT2D eigenvalue weighted by Gasteiger charge is -2.40. The molecule has 0 saturated heterocycles. The van der Waals surface area contributed by atoms with Gasteiger partial charge in [0.05, 0.1) is 30.6 Å². The molecule has 7 rings (SSSR count). The molecule has 0 spiro atoms. The van der Waals surface area contributed by atoms with Gasteiger partial charge in [-0.15, -0.1) is 6.42 Å². The van der Waals surface area contributed by atoms with Crippen LogP contribution >= 0.6 is 0 Å². The number of esters is 4. The molecule has 0 N–H and O–H groups in total.